The van der Waals surface area contributed by atoms with E-state index in [0.29, 0.717) is 5.88 Å². The molecule has 1 unspecified atom stereocenters. The maximum atomic E-state index is 6.15. The van der Waals surface area contributed by atoms with Crippen LogP contribution in [0.1, 0.15) is 29.7 Å². The summed E-state index contributed by atoms with van der Waals surface area (Å²) in [5, 5.41) is 3.96. The van der Waals surface area contributed by atoms with Gasteiger partial charge in [-0.1, -0.05) is 17.7 Å². The normalized spacial score (nSPS) is 12.2. The van der Waals surface area contributed by atoms with Crippen molar-refractivity contribution < 1.29 is 4.74 Å². The molecular weight excluding hydrogens is 272 g/mol. The lowest BCUT2D eigenvalue weighted by Gasteiger charge is -2.12. The van der Waals surface area contributed by atoms with Gasteiger partial charge in [-0.3, -0.25) is 0 Å². The summed E-state index contributed by atoms with van der Waals surface area (Å²) in [6, 6.07) is 8.00. The van der Waals surface area contributed by atoms with Crippen molar-refractivity contribution in [2.75, 3.05) is 7.05 Å². The molecule has 2 aromatic rings. The first-order valence-corrected chi connectivity index (χ1v) is 6.97. The number of nitrogens with one attached hydrogen (secondary N) is 1. The van der Waals surface area contributed by atoms with Crippen LogP contribution in [0.15, 0.2) is 30.5 Å². The molecular formula is C16H19ClN2O. The molecule has 0 saturated heterocycles. The molecule has 1 N–H and O–H groups in total. The summed E-state index contributed by atoms with van der Waals surface area (Å²) in [6.07, 6.45) is 1.83. The summed E-state index contributed by atoms with van der Waals surface area (Å²) >= 11 is 6.15. The van der Waals surface area contributed by atoms with E-state index in [1.54, 1.807) is 0 Å². The molecule has 0 aliphatic heterocycles. The first kappa shape index (κ1) is 14.8. The van der Waals surface area contributed by atoms with Crippen LogP contribution in [0.3, 0.4) is 0 Å². The lowest BCUT2D eigenvalue weighted by molar-refractivity contribution is 0.461. The minimum absolute atomic E-state index is 0.275. The highest BCUT2D eigenvalue weighted by atomic mass is 35.5. The fourth-order valence-corrected chi connectivity index (χ4v) is 2.07. The van der Waals surface area contributed by atoms with Crippen LogP contribution in [-0.2, 0) is 0 Å². The van der Waals surface area contributed by atoms with Crippen molar-refractivity contribution in [2.24, 2.45) is 0 Å². The zero-order chi connectivity index (χ0) is 14.7. The predicted octanol–water partition coefficient (Wildman–Crippen LogP) is 4.42. The molecule has 4 heteroatoms. The molecule has 0 saturated carbocycles. The molecule has 1 aromatic carbocycles. The SMILES string of the molecule is CNC(C)c1ccc(Oc2cc(C)c(Cl)c(C)c2)nc1. The molecule has 2 rings (SSSR count). The van der Waals surface area contributed by atoms with Crippen molar-refractivity contribution >= 4 is 11.6 Å². The van der Waals surface area contributed by atoms with Crippen LogP contribution in [0.25, 0.3) is 0 Å². The van der Waals surface area contributed by atoms with Crippen LogP contribution in [0.5, 0.6) is 11.6 Å². The number of pyridine rings is 1. The van der Waals surface area contributed by atoms with Gasteiger partial charge in [0, 0.05) is 23.3 Å². The molecule has 1 atom stereocenters. The highest BCUT2D eigenvalue weighted by Crippen LogP contribution is 2.28. The zero-order valence-electron chi connectivity index (χ0n) is 12.2. The summed E-state index contributed by atoms with van der Waals surface area (Å²) in [7, 11) is 1.92. The summed E-state index contributed by atoms with van der Waals surface area (Å²) in [4.78, 5) is 4.33. The first-order chi connectivity index (χ1) is 9.51. The highest BCUT2D eigenvalue weighted by molar-refractivity contribution is 6.32. The second-order valence-electron chi connectivity index (χ2n) is 4.91. The lowest BCUT2D eigenvalue weighted by atomic mass is 10.1. The number of aromatic nitrogens is 1. The Morgan fingerprint density at radius 1 is 1.20 bits per heavy atom. The molecule has 0 spiro atoms. The van der Waals surface area contributed by atoms with E-state index in [9.17, 15) is 0 Å². The van der Waals surface area contributed by atoms with E-state index >= 15 is 0 Å². The second kappa shape index (κ2) is 6.25. The molecule has 0 aliphatic rings. The van der Waals surface area contributed by atoms with Gasteiger partial charge in [0.05, 0.1) is 0 Å². The van der Waals surface area contributed by atoms with Crippen LogP contribution >= 0.6 is 11.6 Å². The van der Waals surface area contributed by atoms with Crippen LogP contribution in [0.4, 0.5) is 0 Å². The maximum Gasteiger partial charge on any atom is 0.219 e. The smallest absolute Gasteiger partial charge is 0.219 e. The Kier molecular flexibility index (Phi) is 4.63. The molecule has 0 bridgehead atoms. The van der Waals surface area contributed by atoms with Crippen molar-refractivity contribution in [3.05, 3.63) is 52.2 Å². The van der Waals surface area contributed by atoms with E-state index in [1.807, 2.05) is 51.4 Å². The Bertz CT molecular complexity index is 573. The summed E-state index contributed by atoms with van der Waals surface area (Å²) in [5.74, 6) is 1.34. The standard InChI is InChI=1S/C16H19ClN2O/c1-10-7-14(8-11(2)16(10)17)20-15-6-5-13(9-19-15)12(3)18-4/h5-9,12,18H,1-4H3. The quantitative estimate of drug-likeness (QED) is 0.905. The third-order valence-electron chi connectivity index (χ3n) is 3.32. The fraction of sp³-hybridized carbons (Fsp3) is 0.312. The molecule has 0 fully saturated rings. The van der Waals surface area contributed by atoms with Gasteiger partial charge >= 0.3 is 0 Å². The Labute approximate surface area is 124 Å². The topological polar surface area (TPSA) is 34.1 Å². The summed E-state index contributed by atoms with van der Waals surface area (Å²) in [5.41, 5.74) is 3.13. The van der Waals surface area contributed by atoms with E-state index in [2.05, 4.69) is 17.2 Å². The summed E-state index contributed by atoms with van der Waals surface area (Å²) < 4.78 is 5.77. The van der Waals surface area contributed by atoms with Crippen LogP contribution in [-0.4, -0.2) is 12.0 Å². The Balaban J connectivity index is 2.18. The summed E-state index contributed by atoms with van der Waals surface area (Å²) in [6.45, 7) is 6.02. The van der Waals surface area contributed by atoms with Crippen molar-refractivity contribution in [3.8, 4) is 11.6 Å². The van der Waals surface area contributed by atoms with Gasteiger partial charge in [-0.25, -0.2) is 4.98 Å². The van der Waals surface area contributed by atoms with Gasteiger partial charge in [-0.05, 0) is 56.6 Å². The number of hydrogen-bond acceptors (Lipinski definition) is 3. The molecule has 0 aliphatic carbocycles. The number of nitrogens with zero attached hydrogens (tertiary/aromatic N) is 1. The first-order valence-electron chi connectivity index (χ1n) is 6.59. The largest absolute Gasteiger partial charge is 0.439 e. The zero-order valence-corrected chi connectivity index (χ0v) is 13.0. The van der Waals surface area contributed by atoms with E-state index in [0.717, 1.165) is 27.5 Å². The average Bonchev–Trinajstić information content (AvgIpc) is 2.44. The highest BCUT2D eigenvalue weighted by Gasteiger charge is 2.07. The van der Waals surface area contributed by atoms with Crippen molar-refractivity contribution in [1.82, 2.24) is 10.3 Å². The molecule has 106 valence electrons. The van der Waals surface area contributed by atoms with Crippen LogP contribution < -0.4 is 10.1 Å². The Morgan fingerprint density at radius 2 is 1.85 bits per heavy atom. The molecule has 1 heterocycles. The Hall–Kier alpha value is -1.58. The van der Waals surface area contributed by atoms with Gasteiger partial charge < -0.3 is 10.1 Å². The van der Waals surface area contributed by atoms with E-state index in [1.165, 1.54) is 0 Å². The third kappa shape index (κ3) is 3.30. The maximum absolute atomic E-state index is 6.15. The van der Waals surface area contributed by atoms with Crippen LogP contribution in [0, 0.1) is 13.8 Å². The predicted molar refractivity (Wildman–Crippen MR) is 82.7 cm³/mol. The number of aryl methyl sites for hydroxylation is 2. The number of halogens is 1. The van der Waals surface area contributed by atoms with Crippen molar-refractivity contribution in [3.63, 3.8) is 0 Å². The van der Waals surface area contributed by atoms with Gasteiger partial charge in [0.1, 0.15) is 5.75 Å². The monoisotopic (exact) mass is 290 g/mol. The van der Waals surface area contributed by atoms with Gasteiger partial charge in [-0.2, -0.15) is 0 Å². The van der Waals surface area contributed by atoms with E-state index in [-0.39, 0.29) is 6.04 Å². The number of ether oxygens (including phenoxy) is 1. The van der Waals surface area contributed by atoms with E-state index < -0.39 is 0 Å². The molecule has 0 radical (unpaired) electrons. The van der Waals surface area contributed by atoms with Gasteiger partial charge in [-0.15, -0.1) is 0 Å². The Morgan fingerprint density at radius 3 is 2.35 bits per heavy atom. The molecule has 20 heavy (non-hydrogen) atoms. The van der Waals surface area contributed by atoms with E-state index in [4.69, 9.17) is 16.3 Å². The third-order valence-corrected chi connectivity index (χ3v) is 3.92. The minimum Gasteiger partial charge on any atom is -0.439 e. The number of hydrogen-bond donors (Lipinski definition) is 1. The van der Waals surface area contributed by atoms with Crippen molar-refractivity contribution in [2.45, 2.75) is 26.8 Å². The molecule has 1 aromatic heterocycles. The lowest BCUT2D eigenvalue weighted by Crippen LogP contribution is -2.12. The van der Waals surface area contributed by atoms with Gasteiger partial charge in [0.15, 0.2) is 0 Å². The van der Waals surface area contributed by atoms with Crippen molar-refractivity contribution in [1.29, 1.82) is 0 Å². The molecule has 3 nitrogen and oxygen atoms in total. The number of benzene rings is 1. The van der Waals surface area contributed by atoms with Crippen LogP contribution in [0.2, 0.25) is 5.02 Å². The van der Waals surface area contributed by atoms with Gasteiger partial charge in [0.25, 0.3) is 0 Å². The number of rotatable bonds is 4. The van der Waals surface area contributed by atoms with Gasteiger partial charge in [0.2, 0.25) is 5.88 Å². The molecule has 0 amide bonds. The fourth-order valence-electron chi connectivity index (χ4n) is 1.96. The second-order valence-corrected chi connectivity index (χ2v) is 5.29. The average molecular weight is 291 g/mol. The minimum atomic E-state index is 0.275.